The molecule has 1 aliphatic carbocycles. The number of fused-ring (bicyclic) bond motifs is 1. The van der Waals surface area contributed by atoms with Gasteiger partial charge in [0.15, 0.2) is 0 Å². The molecular weight excluding hydrogens is 384 g/mol. The van der Waals surface area contributed by atoms with Crippen molar-refractivity contribution >= 4 is 21.6 Å². The van der Waals surface area contributed by atoms with E-state index in [1.165, 1.54) is 28.3 Å². The zero-order valence-electron chi connectivity index (χ0n) is 17.4. The molecule has 0 spiro atoms. The number of benzene rings is 2. The fraction of sp³-hybridized carbons (Fsp3) is 0.435. The molecule has 1 aliphatic rings. The molecule has 1 N–H and O–H groups in total. The van der Waals surface area contributed by atoms with Gasteiger partial charge >= 0.3 is 0 Å². The molecule has 0 aromatic heterocycles. The number of para-hydroxylation sites is 1. The van der Waals surface area contributed by atoms with Crippen molar-refractivity contribution in [3.05, 3.63) is 65.2 Å². The molecule has 0 bridgehead atoms. The number of nitrogens with one attached hydrogen (secondary N) is 1. The summed E-state index contributed by atoms with van der Waals surface area (Å²) in [6.07, 6.45) is 6.51. The van der Waals surface area contributed by atoms with Crippen LogP contribution < -0.4 is 9.62 Å². The zero-order chi connectivity index (χ0) is 21.0. The maximum Gasteiger partial charge on any atom is 0.244 e. The van der Waals surface area contributed by atoms with Crippen LogP contribution >= 0.6 is 0 Å². The molecule has 2 atom stereocenters. The van der Waals surface area contributed by atoms with E-state index in [0.717, 1.165) is 31.1 Å². The number of anilines is 1. The molecule has 1 amide bonds. The Morgan fingerprint density at radius 3 is 2.34 bits per heavy atom. The molecule has 0 heterocycles. The van der Waals surface area contributed by atoms with Gasteiger partial charge in [-0.2, -0.15) is 0 Å². The topological polar surface area (TPSA) is 66.5 Å². The van der Waals surface area contributed by atoms with Gasteiger partial charge in [0.25, 0.3) is 0 Å². The molecule has 2 aromatic rings. The molecule has 3 rings (SSSR count). The van der Waals surface area contributed by atoms with Crippen molar-refractivity contribution in [2.45, 2.75) is 58.0 Å². The molecule has 0 radical (unpaired) electrons. The Morgan fingerprint density at radius 2 is 1.72 bits per heavy atom. The Kier molecular flexibility index (Phi) is 6.63. The molecule has 0 saturated carbocycles. The molecule has 5 nitrogen and oxygen atoms in total. The van der Waals surface area contributed by atoms with Crippen LogP contribution in [0.15, 0.2) is 48.5 Å². The van der Waals surface area contributed by atoms with Crippen molar-refractivity contribution < 1.29 is 13.2 Å². The number of aryl methyl sites for hydroxylation is 2. The van der Waals surface area contributed by atoms with Crippen molar-refractivity contribution in [1.29, 1.82) is 0 Å². The highest BCUT2D eigenvalue weighted by Crippen LogP contribution is 2.27. The molecule has 156 valence electrons. The predicted molar refractivity (Wildman–Crippen MR) is 117 cm³/mol. The van der Waals surface area contributed by atoms with Crippen LogP contribution in [0.2, 0.25) is 0 Å². The lowest BCUT2D eigenvalue weighted by Crippen LogP contribution is -2.48. The lowest BCUT2D eigenvalue weighted by molar-refractivity contribution is -0.122. The molecule has 6 heteroatoms. The number of carbonyl (C=O) groups excluding carboxylic acids is 1. The van der Waals surface area contributed by atoms with Gasteiger partial charge in [-0.15, -0.1) is 0 Å². The average molecular weight is 415 g/mol. The van der Waals surface area contributed by atoms with E-state index in [9.17, 15) is 13.2 Å². The van der Waals surface area contributed by atoms with Gasteiger partial charge in [0.2, 0.25) is 15.9 Å². The van der Waals surface area contributed by atoms with Crippen LogP contribution in [0.25, 0.3) is 0 Å². The fourth-order valence-corrected chi connectivity index (χ4v) is 5.24. The Labute approximate surface area is 174 Å². The standard InChI is InChI=1S/C23H30N2O3S/c1-4-22(20-15-14-18-10-8-9-11-19(18)16-20)24-23(26)17(2)25(29(3,27)28)21-12-6-5-7-13-21/h5-7,12-17,22H,4,8-11H2,1-3H3,(H,24,26). The molecule has 0 aliphatic heterocycles. The van der Waals surface area contributed by atoms with Gasteiger partial charge < -0.3 is 5.32 Å². The molecule has 29 heavy (non-hydrogen) atoms. The zero-order valence-corrected chi connectivity index (χ0v) is 18.2. The van der Waals surface area contributed by atoms with Gasteiger partial charge in [-0.3, -0.25) is 9.10 Å². The summed E-state index contributed by atoms with van der Waals surface area (Å²) in [7, 11) is -3.61. The minimum absolute atomic E-state index is 0.144. The van der Waals surface area contributed by atoms with E-state index in [-0.39, 0.29) is 11.9 Å². The van der Waals surface area contributed by atoms with E-state index in [1.807, 2.05) is 13.0 Å². The summed E-state index contributed by atoms with van der Waals surface area (Å²) in [6.45, 7) is 3.66. The number of hydrogen-bond acceptors (Lipinski definition) is 3. The lowest BCUT2D eigenvalue weighted by atomic mass is 9.88. The van der Waals surface area contributed by atoms with Gasteiger partial charge in [0.05, 0.1) is 18.0 Å². The van der Waals surface area contributed by atoms with Gasteiger partial charge in [-0.05, 0) is 67.9 Å². The highest BCUT2D eigenvalue weighted by molar-refractivity contribution is 7.92. The van der Waals surface area contributed by atoms with E-state index < -0.39 is 16.1 Å². The molecular formula is C23H30N2O3S. The molecule has 2 aromatic carbocycles. The summed E-state index contributed by atoms with van der Waals surface area (Å²) in [5.74, 6) is -0.302. The van der Waals surface area contributed by atoms with Crippen LogP contribution in [-0.2, 0) is 27.7 Å². The normalized spacial score (nSPS) is 15.8. The van der Waals surface area contributed by atoms with Crippen LogP contribution in [-0.4, -0.2) is 26.6 Å². The average Bonchev–Trinajstić information content (AvgIpc) is 2.71. The maximum atomic E-state index is 13.0. The second kappa shape index (κ2) is 8.99. The number of carbonyl (C=O) groups is 1. The van der Waals surface area contributed by atoms with Crippen molar-refractivity contribution in [2.75, 3.05) is 10.6 Å². The SMILES string of the molecule is CCC(NC(=O)C(C)N(c1ccccc1)S(C)(=O)=O)c1ccc2c(c1)CCCC2. The highest BCUT2D eigenvalue weighted by Gasteiger charge is 2.30. The predicted octanol–water partition coefficient (Wildman–Crippen LogP) is 3.99. The molecule has 0 fully saturated rings. The van der Waals surface area contributed by atoms with Gasteiger partial charge in [-0.1, -0.05) is 43.3 Å². The first-order valence-electron chi connectivity index (χ1n) is 10.3. The van der Waals surface area contributed by atoms with Gasteiger partial charge in [0.1, 0.15) is 6.04 Å². The van der Waals surface area contributed by atoms with E-state index in [4.69, 9.17) is 0 Å². The fourth-order valence-electron chi connectivity index (χ4n) is 4.07. The van der Waals surface area contributed by atoms with Crippen LogP contribution in [0.4, 0.5) is 5.69 Å². The van der Waals surface area contributed by atoms with Crippen molar-refractivity contribution in [2.24, 2.45) is 0 Å². The van der Waals surface area contributed by atoms with Gasteiger partial charge in [0, 0.05) is 0 Å². The van der Waals surface area contributed by atoms with E-state index in [2.05, 4.69) is 23.5 Å². The summed E-state index contributed by atoms with van der Waals surface area (Å²) in [4.78, 5) is 13.0. The summed E-state index contributed by atoms with van der Waals surface area (Å²) in [5, 5.41) is 3.07. The summed E-state index contributed by atoms with van der Waals surface area (Å²) in [6, 6.07) is 14.2. The molecule has 0 saturated heterocycles. The first kappa shape index (κ1) is 21.4. The van der Waals surface area contributed by atoms with E-state index >= 15 is 0 Å². The molecule has 2 unspecified atom stereocenters. The number of amides is 1. The Morgan fingerprint density at radius 1 is 1.07 bits per heavy atom. The number of rotatable bonds is 7. The van der Waals surface area contributed by atoms with Crippen molar-refractivity contribution in [3.8, 4) is 0 Å². The summed E-state index contributed by atoms with van der Waals surface area (Å²) >= 11 is 0. The first-order chi connectivity index (χ1) is 13.8. The number of nitrogens with zero attached hydrogens (tertiary/aromatic N) is 1. The van der Waals surface area contributed by atoms with Crippen LogP contribution in [0.3, 0.4) is 0 Å². The van der Waals surface area contributed by atoms with Gasteiger partial charge in [-0.25, -0.2) is 8.42 Å². The second-order valence-corrected chi connectivity index (χ2v) is 9.63. The summed E-state index contributed by atoms with van der Waals surface area (Å²) < 4.78 is 26.0. The van der Waals surface area contributed by atoms with Crippen molar-refractivity contribution in [3.63, 3.8) is 0 Å². The third-order valence-corrected chi connectivity index (χ3v) is 6.84. The first-order valence-corrected chi connectivity index (χ1v) is 12.1. The third-order valence-electron chi connectivity index (χ3n) is 5.60. The van der Waals surface area contributed by atoms with E-state index in [0.29, 0.717) is 5.69 Å². The smallest absolute Gasteiger partial charge is 0.244 e. The quantitative estimate of drug-likeness (QED) is 0.745. The maximum absolute atomic E-state index is 13.0. The third kappa shape index (κ3) is 4.99. The van der Waals surface area contributed by atoms with Crippen molar-refractivity contribution in [1.82, 2.24) is 5.32 Å². The number of sulfonamides is 1. The minimum Gasteiger partial charge on any atom is -0.347 e. The highest BCUT2D eigenvalue weighted by atomic mass is 32.2. The Hall–Kier alpha value is -2.34. The lowest BCUT2D eigenvalue weighted by Gasteiger charge is -2.30. The monoisotopic (exact) mass is 414 g/mol. The number of hydrogen-bond donors (Lipinski definition) is 1. The minimum atomic E-state index is -3.61. The Bertz CT molecular complexity index is 957. The summed E-state index contributed by atoms with van der Waals surface area (Å²) in [5.41, 5.74) is 4.34. The second-order valence-electron chi connectivity index (χ2n) is 7.78. The largest absolute Gasteiger partial charge is 0.347 e. The van der Waals surface area contributed by atoms with Crippen LogP contribution in [0.1, 0.15) is 55.8 Å². The van der Waals surface area contributed by atoms with Crippen LogP contribution in [0.5, 0.6) is 0 Å². The van der Waals surface area contributed by atoms with Crippen LogP contribution in [0, 0.1) is 0 Å². The Balaban J connectivity index is 1.81. The van der Waals surface area contributed by atoms with E-state index in [1.54, 1.807) is 31.2 Å².